The summed E-state index contributed by atoms with van der Waals surface area (Å²) in [4.78, 5) is 4.43. The van der Waals surface area contributed by atoms with E-state index in [0.717, 1.165) is 29.8 Å². The number of benzene rings is 1. The molecule has 0 amide bonds. The summed E-state index contributed by atoms with van der Waals surface area (Å²) in [5.41, 5.74) is 9.32. The topological polar surface area (TPSA) is 43.8 Å². The summed E-state index contributed by atoms with van der Waals surface area (Å²) >= 11 is 1.86. The number of para-hydroxylation sites is 1. The molecule has 1 aromatic carbocycles. The van der Waals surface area contributed by atoms with Crippen LogP contribution in [0.25, 0.3) is 11.0 Å². The Hall–Kier alpha value is -1.16. The number of thioether (sulfide) groups is 1. The lowest BCUT2D eigenvalue weighted by atomic mass is 10.2. The van der Waals surface area contributed by atoms with E-state index < -0.39 is 0 Å². The molecule has 0 atom stereocenters. The summed E-state index contributed by atoms with van der Waals surface area (Å²) in [6.07, 6.45) is 3.25. The van der Waals surface area contributed by atoms with E-state index in [-0.39, 0.29) is 0 Å². The Labute approximate surface area is 100 Å². The molecule has 0 aliphatic heterocycles. The van der Waals surface area contributed by atoms with E-state index in [9.17, 15) is 0 Å². The Bertz CT molecular complexity index is 490. The molecule has 0 spiro atoms. The van der Waals surface area contributed by atoms with Gasteiger partial charge >= 0.3 is 0 Å². The van der Waals surface area contributed by atoms with Gasteiger partial charge in [-0.1, -0.05) is 12.1 Å². The molecule has 0 radical (unpaired) electrons. The van der Waals surface area contributed by atoms with Crippen LogP contribution >= 0.6 is 11.8 Å². The molecular weight excluding hydrogens is 218 g/mol. The van der Waals surface area contributed by atoms with Crippen molar-refractivity contribution in [3.05, 3.63) is 23.8 Å². The third-order valence-corrected chi connectivity index (χ3v) is 3.44. The number of nitrogens with two attached hydrogens (primary N) is 1. The molecule has 0 aliphatic rings. The second-order valence-corrected chi connectivity index (χ2v) is 4.90. The molecule has 1 aromatic heterocycles. The molecule has 3 nitrogen and oxygen atoms in total. The average Bonchev–Trinajstić information content (AvgIpc) is 2.58. The van der Waals surface area contributed by atoms with Crippen molar-refractivity contribution in [3.8, 4) is 0 Å². The maximum Gasteiger partial charge on any atom is 0.201 e. The molecule has 4 heteroatoms. The van der Waals surface area contributed by atoms with Gasteiger partial charge in [0.25, 0.3) is 0 Å². The van der Waals surface area contributed by atoms with Crippen LogP contribution in [0.1, 0.15) is 12.0 Å². The number of nitrogens with zero attached hydrogens (tertiary/aromatic N) is 2. The van der Waals surface area contributed by atoms with Gasteiger partial charge in [0.1, 0.15) is 0 Å². The highest BCUT2D eigenvalue weighted by Crippen LogP contribution is 2.21. The fourth-order valence-electron chi connectivity index (χ4n) is 1.91. The van der Waals surface area contributed by atoms with Gasteiger partial charge in [0.15, 0.2) is 0 Å². The van der Waals surface area contributed by atoms with Crippen molar-refractivity contribution in [1.82, 2.24) is 9.55 Å². The van der Waals surface area contributed by atoms with Crippen molar-refractivity contribution in [2.45, 2.75) is 19.9 Å². The summed E-state index contributed by atoms with van der Waals surface area (Å²) < 4.78 is 2.11. The predicted molar refractivity (Wildman–Crippen MR) is 71.9 cm³/mol. The fourth-order valence-corrected chi connectivity index (χ4v) is 2.32. The molecule has 0 bridgehead atoms. The van der Waals surface area contributed by atoms with Crippen LogP contribution in [0.2, 0.25) is 0 Å². The first kappa shape index (κ1) is 11.3. The van der Waals surface area contributed by atoms with E-state index in [1.165, 1.54) is 5.56 Å². The van der Waals surface area contributed by atoms with Crippen LogP contribution in [-0.2, 0) is 6.54 Å². The van der Waals surface area contributed by atoms with Gasteiger partial charge in [-0.05, 0) is 37.0 Å². The normalized spacial score (nSPS) is 11.1. The molecule has 1 heterocycles. The van der Waals surface area contributed by atoms with Crippen LogP contribution in [-0.4, -0.2) is 21.6 Å². The molecule has 2 aromatic rings. The number of rotatable bonds is 4. The molecule has 16 heavy (non-hydrogen) atoms. The predicted octanol–water partition coefficient (Wildman–Crippen LogP) is 2.68. The second kappa shape index (κ2) is 4.78. The Morgan fingerprint density at radius 3 is 3.00 bits per heavy atom. The van der Waals surface area contributed by atoms with Crippen LogP contribution < -0.4 is 5.73 Å². The third-order valence-electron chi connectivity index (χ3n) is 2.74. The Morgan fingerprint density at radius 1 is 1.44 bits per heavy atom. The van der Waals surface area contributed by atoms with Gasteiger partial charge in [-0.3, -0.25) is 0 Å². The number of aryl methyl sites for hydroxylation is 2. The lowest BCUT2D eigenvalue weighted by Crippen LogP contribution is -2.04. The molecule has 0 saturated heterocycles. The fraction of sp³-hybridized carbons (Fsp3) is 0.417. The summed E-state index contributed by atoms with van der Waals surface area (Å²) in [6.45, 7) is 3.02. The van der Waals surface area contributed by atoms with Gasteiger partial charge in [0.2, 0.25) is 5.95 Å². The largest absolute Gasteiger partial charge is 0.369 e. The Kier molecular flexibility index (Phi) is 3.39. The Morgan fingerprint density at radius 2 is 2.25 bits per heavy atom. The van der Waals surface area contributed by atoms with Gasteiger partial charge in [0.05, 0.1) is 11.0 Å². The van der Waals surface area contributed by atoms with Gasteiger partial charge in [-0.25, -0.2) is 4.98 Å². The highest BCUT2D eigenvalue weighted by molar-refractivity contribution is 7.98. The van der Waals surface area contributed by atoms with Gasteiger partial charge in [-0.15, -0.1) is 0 Å². The molecule has 2 N–H and O–H groups in total. The number of fused-ring (bicyclic) bond motifs is 1. The van der Waals surface area contributed by atoms with Crippen LogP contribution in [0, 0.1) is 6.92 Å². The van der Waals surface area contributed by atoms with Crippen molar-refractivity contribution >= 4 is 28.7 Å². The van der Waals surface area contributed by atoms with E-state index in [1.807, 2.05) is 11.8 Å². The molecule has 0 saturated carbocycles. The zero-order chi connectivity index (χ0) is 11.5. The van der Waals surface area contributed by atoms with Crippen molar-refractivity contribution in [2.75, 3.05) is 17.7 Å². The molecular formula is C12H17N3S. The van der Waals surface area contributed by atoms with Gasteiger partial charge < -0.3 is 10.3 Å². The number of anilines is 1. The number of aromatic nitrogens is 2. The molecule has 2 rings (SSSR count). The van der Waals surface area contributed by atoms with Crippen LogP contribution in [0.5, 0.6) is 0 Å². The SMILES string of the molecule is CSCCCn1c(N)nc2c(C)cccc21. The minimum absolute atomic E-state index is 0.630. The van der Waals surface area contributed by atoms with E-state index in [1.54, 1.807) is 0 Å². The van der Waals surface area contributed by atoms with Crippen molar-refractivity contribution in [3.63, 3.8) is 0 Å². The third kappa shape index (κ3) is 2.02. The van der Waals surface area contributed by atoms with Crippen molar-refractivity contribution < 1.29 is 0 Å². The first-order chi connectivity index (χ1) is 7.74. The van der Waals surface area contributed by atoms with Gasteiger partial charge in [0, 0.05) is 6.54 Å². The van der Waals surface area contributed by atoms with E-state index in [4.69, 9.17) is 5.73 Å². The van der Waals surface area contributed by atoms with Gasteiger partial charge in [-0.2, -0.15) is 11.8 Å². The standard InChI is InChI=1S/C12H17N3S/c1-9-5-3-6-10-11(9)14-12(13)15(10)7-4-8-16-2/h3,5-6H,4,7-8H2,1-2H3,(H2,13,14). The zero-order valence-electron chi connectivity index (χ0n) is 9.73. The summed E-state index contributed by atoms with van der Waals surface area (Å²) in [5.74, 6) is 1.79. The number of hydrogen-bond acceptors (Lipinski definition) is 3. The summed E-state index contributed by atoms with van der Waals surface area (Å²) in [5, 5.41) is 0. The quantitative estimate of drug-likeness (QED) is 0.829. The maximum absolute atomic E-state index is 5.95. The minimum atomic E-state index is 0.630. The first-order valence-electron chi connectivity index (χ1n) is 5.44. The monoisotopic (exact) mass is 235 g/mol. The maximum atomic E-state index is 5.95. The van der Waals surface area contributed by atoms with E-state index >= 15 is 0 Å². The molecule has 0 fully saturated rings. The average molecular weight is 235 g/mol. The summed E-state index contributed by atoms with van der Waals surface area (Å²) in [6, 6.07) is 6.22. The van der Waals surface area contributed by atoms with Crippen molar-refractivity contribution in [1.29, 1.82) is 0 Å². The lowest BCUT2D eigenvalue weighted by molar-refractivity contribution is 0.712. The molecule has 0 unspecified atom stereocenters. The highest BCUT2D eigenvalue weighted by atomic mass is 32.2. The van der Waals surface area contributed by atoms with E-state index in [2.05, 4.69) is 40.9 Å². The number of hydrogen-bond donors (Lipinski definition) is 1. The second-order valence-electron chi connectivity index (χ2n) is 3.91. The van der Waals surface area contributed by atoms with E-state index in [0.29, 0.717) is 5.95 Å². The van der Waals surface area contributed by atoms with Crippen molar-refractivity contribution in [2.24, 2.45) is 0 Å². The summed E-state index contributed by atoms with van der Waals surface area (Å²) in [7, 11) is 0. The Balaban J connectivity index is 2.36. The smallest absolute Gasteiger partial charge is 0.201 e. The lowest BCUT2D eigenvalue weighted by Gasteiger charge is -2.05. The van der Waals surface area contributed by atoms with Crippen LogP contribution in [0.15, 0.2) is 18.2 Å². The zero-order valence-corrected chi connectivity index (χ0v) is 10.5. The molecule has 0 aliphatic carbocycles. The number of imidazole rings is 1. The van der Waals surface area contributed by atoms with Crippen LogP contribution in [0.3, 0.4) is 0 Å². The minimum Gasteiger partial charge on any atom is -0.369 e. The highest BCUT2D eigenvalue weighted by Gasteiger charge is 2.08. The van der Waals surface area contributed by atoms with Crippen LogP contribution in [0.4, 0.5) is 5.95 Å². The first-order valence-corrected chi connectivity index (χ1v) is 6.83. The number of nitrogen functional groups attached to an aromatic ring is 1. The molecule has 86 valence electrons.